The number of nitrogens with zero attached hydrogens (tertiary/aromatic N) is 1. The van der Waals surface area contributed by atoms with Crippen LogP contribution in [-0.4, -0.2) is 73.4 Å². The molecule has 1 amide bonds. The molecule has 0 aromatic carbocycles. The molecule has 3 N–H and O–H groups in total. The van der Waals surface area contributed by atoms with Gasteiger partial charge in [-0.05, 0) is 38.5 Å². The van der Waals surface area contributed by atoms with Crippen LogP contribution in [0.15, 0.2) is 12.2 Å². The Kier molecular flexibility index (Phi) is 36.3. The molecule has 3 atom stereocenters. The van der Waals surface area contributed by atoms with Crippen molar-refractivity contribution in [1.29, 1.82) is 0 Å². The zero-order valence-electron chi connectivity index (χ0n) is 35.8. The fraction of sp³-hybridized carbons (Fsp3) is 0.932. The molecule has 0 spiro atoms. The van der Waals surface area contributed by atoms with E-state index in [1.807, 2.05) is 21.1 Å². The van der Waals surface area contributed by atoms with Gasteiger partial charge < -0.3 is 19.8 Å². The van der Waals surface area contributed by atoms with E-state index in [9.17, 15) is 19.4 Å². The highest BCUT2D eigenvalue weighted by molar-refractivity contribution is 7.47. The molecule has 0 aliphatic rings. The molecule has 53 heavy (non-hydrogen) atoms. The first-order valence-electron chi connectivity index (χ1n) is 22.6. The van der Waals surface area contributed by atoms with Gasteiger partial charge in [0.15, 0.2) is 0 Å². The number of hydrogen-bond donors (Lipinski definition) is 3. The Labute approximate surface area is 329 Å². The van der Waals surface area contributed by atoms with Crippen LogP contribution in [0.25, 0.3) is 0 Å². The Hall–Kier alpha value is -0.760. The number of quaternary nitrogens is 1. The van der Waals surface area contributed by atoms with E-state index in [0.717, 1.165) is 51.4 Å². The van der Waals surface area contributed by atoms with E-state index in [0.29, 0.717) is 23.9 Å². The van der Waals surface area contributed by atoms with Gasteiger partial charge >= 0.3 is 7.82 Å². The highest BCUT2D eigenvalue weighted by Crippen LogP contribution is 2.43. The van der Waals surface area contributed by atoms with Crippen molar-refractivity contribution >= 4 is 13.7 Å². The first-order valence-corrected chi connectivity index (χ1v) is 24.0. The number of aliphatic hydroxyl groups excluding tert-OH is 1. The Morgan fingerprint density at radius 2 is 1.02 bits per heavy atom. The molecule has 0 heterocycles. The predicted octanol–water partition coefficient (Wildman–Crippen LogP) is 12.4. The third-order valence-electron chi connectivity index (χ3n) is 10.3. The number of phosphoric ester groups is 1. The fourth-order valence-corrected chi connectivity index (χ4v) is 7.36. The molecule has 0 aliphatic heterocycles. The molecule has 0 aromatic heterocycles. The lowest BCUT2D eigenvalue weighted by molar-refractivity contribution is -0.870. The number of unbranched alkanes of at least 4 members (excludes halogenated alkanes) is 26. The van der Waals surface area contributed by atoms with Crippen LogP contribution in [-0.2, 0) is 18.4 Å². The normalized spacial score (nSPS) is 14.5. The summed E-state index contributed by atoms with van der Waals surface area (Å²) in [5.41, 5.74) is 0. The molecule has 0 aromatic rings. The molecule has 8 nitrogen and oxygen atoms in total. The summed E-state index contributed by atoms with van der Waals surface area (Å²) in [5, 5.41) is 13.9. The lowest BCUT2D eigenvalue weighted by atomic mass is 10.0. The summed E-state index contributed by atoms with van der Waals surface area (Å²) in [5.74, 6) is -0.153. The molecular formula is C44H90N2O6P+. The quantitative estimate of drug-likeness (QED) is 0.0247. The minimum atomic E-state index is -4.31. The summed E-state index contributed by atoms with van der Waals surface area (Å²) in [4.78, 5) is 23.1. The number of carbonyl (C=O) groups is 1. The summed E-state index contributed by atoms with van der Waals surface area (Å²) in [6.45, 7) is 4.87. The highest BCUT2D eigenvalue weighted by atomic mass is 31.2. The summed E-state index contributed by atoms with van der Waals surface area (Å²) >= 11 is 0. The van der Waals surface area contributed by atoms with Crippen molar-refractivity contribution in [3.8, 4) is 0 Å². The molecule has 0 bridgehead atoms. The summed E-state index contributed by atoms with van der Waals surface area (Å²) in [6, 6.07) is -0.760. The van der Waals surface area contributed by atoms with Gasteiger partial charge in [-0.1, -0.05) is 180 Å². The highest BCUT2D eigenvalue weighted by Gasteiger charge is 2.28. The zero-order valence-corrected chi connectivity index (χ0v) is 36.7. The third-order valence-corrected chi connectivity index (χ3v) is 11.2. The summed E-state index contributed by atoms with van der Waals surface area (Å²) < 4.78 is 23.6. The number of aliphatic hydroxyl groups is 1. The zero-order chi connectivity index (χ0) is 39.3. The van der Waals surface area contributed by atoms with Crippen molar-refractivity contribution in [1.82, 2.24) is 5.32 Å². The third kappa shape index (κ3) is 39.3. The van der Waals surface area contributed by atoms with Crippen molar-refractivity contribution in [2.45, 2.75) is 225 Å². The Morgan fingerprint density at radius 1 is 0.623 bits per heavy atom. The van der Waals surface area contributed by atoms with Crippen LogP contribution in [0.4, 0.5) is 0 Å². The van der Waals surface area contributed by atoms with Gasteiger partial charge in [-0.3, -0.25) is 13.8 Å². The SMILES string of the molecule is CCCCC/C=C\CCCCCCCC(=O)NC(COP(=O)(O)OCC[N+](C)(C)C)C(O)CCCCCCCCCCCCCCCCCCCCC. The second kappa shape index (κ2) is 36.9. The fourth-order valence-electron chi connectivity index (χ4n) is 6.63. The summed E-state index contributed by atoms with van der Waals surface area (Å²) in [6.07, 6.45) is 40.9. The minimum Gasteiger partial charge on any atom is -0.391 e. The summed E-state index contributed by atoms with van der Waals surface area (Å²) in [7, 11) is 1.62. The van der Waals surface area contributed by atoms with Crippen LogP contribution in [0.2, 0.25) is 0 Å². The van der Waals surface area contributed by atoms with Gasteiger partial charge in [0, 0.05) is 6.42 Å². The average Bonchev–Trinajstić information content (AvgIpc) is 3.10. The maximum Gasteiger partial charge on any atom is 0.472 e. The average molecular weight is 774 g/mol. The number of carbonyl (C=O) groups excluding carboxylic acids is 1. The first-order chi connectivity index (χ1) is 25.5. The van der Waals surface area contributed by atoms with E-state index in [1.165, 1.54) is 135 Å². The molecule has 316 valence electrons. The number of rotatable bonds is 41. The van der Waals surface area contributed by atoms with E-state index in [1.54, 1.807) is 0 Å². The van der Waals surface area contributed by atoms with Crippen LogP contribution in [0.1, 0.15) is 213 Å². The van der Waals surface area contributed by atoms with E-state index < -0.39 is 20.0 Å². The molecule has 3 unspecified atom stereocenters. The lowest BCUT2D eigenvalue weighted by Crippen LogP contribution is -2.46. The van der Waals surface area contributed by atoms with Crippen molar-refractivity contribution < 1.29 is 32.9 Å². The van der Waals surface area contributed by atoms with Crippen LogP contribution in [0.5, 0.6) is 0 Å². The molecule has 0 radical (unpaired) electrons. The maximum absolute atomic E-state index is 12.8. The van der Waals surface area contributed by atoms with Crippen molar-refractivity contribution in [2.24, 2.45) is 0 Å². The number of hydrogen-bond acceptors (Lipinski definition) is 5. The topological polar surface area (TPSA) is 105 Å². The smallest absolute Gasteiger partial charge is 0.391 e. The van der Waals surface area contributed by atoms with Crippen LogP contribution in [0, 0.1) is 0 Å². The van der Waals surface area contributed by atoms with Gasteiger partial charge in [-0.25, -0.2) is 4.57 Å². The van der Waals surface area contributed by atoms with Crippen LogP contribution in [0.3, 0.4) is 0 Å². The van der Waals surface area contributed by atoms with Gasteiger partial charge in [0.1, 0.15) is 13.2 Å². The van der Waals surface area contributed by atoms with Gasteiger partial charge in [0.2, 0.25) is 5.91 Å². The maximum atomic E-state index is 12.8. The number of allylic oxidation sites excluding steroid dienone is 2. The van der Waals surface area contributed by atoms with Crippen molar-refractivity contribution in [3.05, 3.63) is 12.2 Å². The number of amides is 1. The van der Waals surface area contributed by atoms with Gasteiger partial charge in [0.05, 0.1) is 39.9 Å². The Bertz CT molecular complexity index is 880. The van der Waals surface area contributed by atoms with Crippen molar-refractivity contribution in [3.63, 3.8) is 0 Å². The number of phosphoric acid groups is 1. The van der Waals surface area contributed by atoms with Gasteiger partial charge in [0.25, 0.3) is 0 Å². The Morgan fingerprint density at radius 3 is 1.49 bits per heavy atom. The van der Waals surface area contributed by atoms with Crippen LogP contribution >= 0.6 is 7.82 Å². The molecular weight excluding hydrogens is 683 g/mol. The second-order valence-electron chi connectivity index (χ2n) is 16.8. The van der Waals surface area contributed by atoms with Crippen LogP contribution < -0.4 is 5.32 Å². The number of likely N-dealkylation sites (N-methyl/N-ethyl adjacent to an activating group) is 1. The minimum absolute atomic E-state index is 0.0749. The Balaban J connectivity index is 4.31. The molecule has 0 saturated carbocycles. The van der Waals surface area contributed by atoms with Crippen molar-refractivity contribution in [2.75, 3.05) is 40.9 Å². The lowest BCUT2D eigenvalue weighted by Gasteiger charge is -2.26. The predicted molar refractivity (Wildman–Crippen MR) is 226 cm³/mol. The van der Waals surface area contributed by atoms with E-state index in [-0.39, 0.29) is 19.1 Å². The molecule has 0 saturated heterocycles. The van der Waals surface area contributed by atoms with Gasteiger partial charge in [-0.15, -0.1) is 0 Å². The monoisotopic (exact) mass is 774 g/mol. The van der Waals surface area contributed by atoms with Gasteiger partial charge in [-0.2, -0.15) is 0 Å². The molecule has 0 fully saturated rings. The van der Waals surface area contributed by atoms with E-state index in [2.05, 4.69) is 31.3 Å². The molecule has 0 aliphatic carbocycles. The van der Waals surface area contributed by atoms with E-state index in [4.69, 9.17) is 9.05 Å². The molecule has 0 rings (SSSR count). The number of nitrogens with one attached hydrogen (secondary N) is 1. The first kappa shape index (κ1) is 52.2. The second-order valence-corrected chi connectivity index (χ2v) is 18.2. The largest absolute Gasteiger partial charge is 0.472 e. The van der Waals surface area contributed by atoms with E-state index >= 15 is 0 Å². The molecule has 9 heteroatoms. The standard InChI is InChI=1S/C44H89N2O6P/c1-6-8-10-12-14-16-18-20-21-22-23-24-25-26-27-29-31-33-35-37-43(47)42(41-52-53(49,50)51-40-39-46(3,4)5)45-44(48)38-36-34-32-30-28-19-17-15-13-11-9-7-2/h15,17,42-43,47H,6-14,16,18-41H2,1-5H3,(H-,45,48,49,50)/p+1/b17-15-.